The van der Waals surface area contributed by atoms with Crippen molar-refractivity contribution >= 4 is 12.0 Å². The first-order chi connectivity index (χ1) is 8.59. The second-order valence-electron chi connectivity index (χ2n) is 4.99. The number of halogens is 2. The molecule has 2 amide bonds. The molecule has 0 rings (SSSR count). The van der Waals surface area contributed by atoms with Crippen LogP contribution < -0.4 is 0 Å². The van der Waals surface area contributed by atoms with E-state index in [-0.39, 0.29) is 6.54 Å². The van der Waals surface area contributed by atoms with E-state index in [9.17, 15) is 18.4 Å². The summed E-state index contributed by atoms with van der Waals surface area (Å²) in [6, 6.07) is -0.829. The number of hydrogen-bond donors (Lipinski definition) is 2. The molecule has 0 heterocycles. The number of amides is 2. The van der Waals surface area contributed by atoms with Crippen LogP contribution in [-0.4, -0.2) is 70.2 Å². The quantitative estimate of drug-likeness (QED) is 0.757. The number of carbonyl (C=O) groups excluding carboxylic acids is 1. The Morgan fingerprint density at radius 3 is 2.11 bits per heavy atom. The molecule has 0 aromatic rings. The van der Waals surface area contributed by atoms with E-state index < -0.39 is 43.7 Å². The summed E-state index contributed by atoms with van der Waals surface area (Å²) >= 11 is 0. The molecule has 0 bridgehead atoms. The van der Waals surface area contributed by atoms with Gasteiger partial charge in [-0.2, -0.15) is 0 Å². The Morgan fingerprint density at radius 1 is 1.26 bits per heavy atom. The molecular weight excluding hydrogens is 262 g/mol. The number of alkyl halides is 2. The fourth-order valence-corrected chi connectivity index (χ4v) is 1.45. The van der Waals surface area contributed by atoms with Gasteiger partial charge in [0.1, 0.15) is 6.54 Å². The highest BCUT2D eigenvalue weighted by molar-refractivity contribution is 5.81. The third-order valence-electron chi connectivity index (χ3n) is 2.33. The smallest absolute Gasteiger partial charge is 0.323 e. The number of urea groups is 1. The second-order valence-corrected chi connectivity index (χ2v) is 4.99. The molecule has 0 aromatic heterocycles. The molecule has 0 aliphatic carbocycles. The summed E-state index contributed by atoms with van der Waals surface area (Å²) in [5.74, 6) is -1.23. The van der Waals surface area contributed by atoms with Gasteiger partial charge in [-0.3, -0.25) is 4.79 Å². The van der Waals surface area contributed by atoms with Gasteiger partial charge in [-0.15, -0.1) is 0 Å². The van der Waals surface area contributed by atoms with Crippen LogP contribution in [0.2, 0.25) is 0 Å². The number of aliphatic carboxylic acids is 1. The first kappa shape index (κ1) is 17.6. The Kier molecular flexibility index (Phi) is 6.68. The van der Waals surface area contributed by atoms with Gasteiger partial charge in [-0.1, -0.05) is 0 Å². The van der Waals surface area contributed by atoms with Crippen LogP contribution in [0.3, 0.4) is 0 Å². The second kappa shape index (κ2) is 7.22. The van der Waals surface area contributed by atoms with Crippen molar-refractivity contribution < 1.29 is 28.6 Å². The molecule has 112 valence electrons. The van der Waals surface area contributed by atoms with Gasteiger partial charge >= 0.3 is 12.0 Å². The van der Waals surface area contributed by atoms with Crippen molar-refractivity contribution in [3.63, 3.8) is 0 Å². The number of aliphatic hydroxyl groups excluding tert-OH is 1. The molecule has 0 fully saturated rings. The zero-order valence-electron chi connectivity index (χ0n) is 11.3. The van der Waals surface area contributed by atoms with Gasteiger partial charge in [-0.25, -0.2) is 13.6 Å². The molecule has 8 heteroatoms. The van der Waals surface area contributed by atoms with Crippen LogP contribution in [0.15, 0.2) is 0 Å². The van der Waals surface area contributed by atoms with E-state index >= 15 is 0 Å². The number of rotatable bonds is 6. The first-order valence-corrected chi connectivity index (χ1v) is 5.77. The molecule has 0 radical (unpaired) electrons. The van der Waals surface area contributed by atoms with E-state index in [0.29, 0.717) is 0 Å². The zero-order valence-corrected chi connectivity index (χ0v) is 11.3. The minimum atomic E-state index is -2.75. The van der Waals surface area contributed by atoms with Gasteiger partial charge in [0.05, 0.1) is 13.2 Å². The minimum Gasteiger partial charge on any atom is -0.480 e. The molecule has 0 spiro atoms. The summed E-state index contributed by atoms with van der Waals surface area (Å²) in [5, 5.41) is 17.6. The van der Waals surface area contributed by atoms with E-state index in [1.807, 2.05) is 0 Å². The van der Waals surface area contributed by atoms with Gasteiger partial charge in [0, 0.05) is 12.1 Å². The van der Waals surface area contributed by atoms with E-state index in [4.69, 9.17) is 10.2 Å². The Morgan fingerprint density at radius 2 is 1.79 bits per heavy atom. The summed E-state index contributed by atoms with van der Waals surface area (Å²) in [7, 11) is 0. The van der Waals surface area contributed by atoms with E-state index in [2.05, 4.69) is 0 Å². The monoisotopic (exact) mass is 282 g/mol. The van der Waals surface area contributed by atoms with Gasteiger partial charge in [0.25, 0.3) is 6.43 Å². The van der Waals surface area contributed by atoms with Crippen LogP contribution in [0.4, 0.5) is 13.6 Å². The molecule has 0 aromatic carbocycles. The predicted molar refractivity (Wildman–Crippen MR) is 64.2 cm³/mol. The molecule has 2 N–H and O–H groups in total. The van der Waals surface area contributed by atoms with Crippen molar-refractivity contribution in [3.8, 4) is 0 Å². The van der Waals surface area contributed by atoms with E-state index in [1.165, 1.54) is 0 Å². The van der Waals surface area contributed by atoms with E-state index in [1.54, 1.807) is 20.8 Å². The lowest BCUT2D eigenvalue weighted by Gasteiger charge is -2.38. The van der Waals surface area contributed by atoms with Crippen LogP contribution >= 0.6 is 0 Å². The molecule has 0 unspecified atom stereocenters. The Balaban J connectivity index is 5.06. The summed E-state index contributed by atoms with van der Waals surface area (Å²) in [6.07, 6.45) is -2.75. The lowest BCUT2D eigenvalue weighted by molar-refractivity contribution is -0.138. The third-order valence-corrected chi connectivity index (χ3v) is 2.33. The van der Waals surface area contributed by atoms with Crippen molar-refractivity contribution in [2.45, 2.75) is 32.7 Å². The SMILES string of the molecule is CC(C)(C)N(CC(=O)O)C(=O)N(CCO)CC(F)F. The van der Waals surface area contributed by atoms with Crippen LogP contribution in [0, 0.1) is 0 Å². The molecule has 0 saturated carbocycles. The molecule has 0 atom stereocenters. The highest BCUT2D eigenvalue weighted by Crippen LogP contribution is 2.16. The van der Waals surface area contributed by atoms with Crippen molar-refractivity contribution in [3.05, 3.63) is 0 Å². The molecular formula is C11H20F2N2O4. The number of carboxylic acids is 1. The number of nitrogens with zero attached hydrogens (tertiary/aromatic N) is 2. The molecule has 0 aliphatic heterocycles. The highest BCUT2D eigenvalue weighted by atomic mass is 19.3. The summed E-state index contributed by atoms with van der Waals surface area (Å²) in [4.78, 5) is 24.6. The molecule has 6 nitrogen and oxygen atoms in total. The Hall–Kier alpha value is -1.44. The van der Waals surface area contributed by atoms with Gasteiger partial charge in [0.2, 0.25) is 0 Å². The van der Waals surface area contributed by atoms with Crippen molar-refractivity contribution in [1.29, 1.82) is 0 Å². The summed E-state index contributed by atoms with van der Waals surface area (Å²) in [5.41, 5.74) is -0.828. The maximum Gasteiger partial charge on any atom is 0.323 e. The summed E-state index contributed by atoms with van der Waals surface area (Å²) < 4.78 is 24.8. The van der Waals surface area contributed by atoms with Crippen molar-refractivity contribution in [1.82, 2.24) is 9.80 Å². The number of hydrogen-bond acceptors (Lipinski definition) is 3. The van der Waals surface area contributed by atoms with Crippen molar-refractivity contribution in [2.24, 2.45) is 0 Å². The van der Waals surface area contributed by atoms with Crippen LogP contribution in [0.5, 0.6) is 0 Å². The minimum absolute atomic E-state index is 0.268. The maximum atomic E-state index is 12.4. The lowest BCUT2D eigenvalue weighted by atomic mass is 10.1. The first-order valence-electron chi connectivity index (χ1n) is 5.77. The fraction of sp³-hybridized carbons (Fsp3) is 0.818. The largest absolute Gasteiger partial charge is 0.480 e. The normalized spacial score (nSPS) is 11.5. The molecule has 19 heavy (non-hydrogen) atoms. The topological polar surface area (TPSA) is 81.1 Å². The van der Waals surface area contributed by atoms with Crippen molar-refractivity contribution in [2.75, 3.05) is 26.2 Å². The summed E-state index contributed by atoms with van der Waals surface area (Å²) in [6.45, 7) is 2.64. The lowest BCUT2D eigenvalue weighted by Crippen LogP contribution is -2.55. The average Bonchev–Trinajstić information content (AvgIpc) is 2.22. The van der Waals surface area contributed by atoms with Gasteiger partial charge < -0.3 is 20.0 Å². The highest BCUT2D eigenvalue weighted by Gasteiger charge is 2.32. The number of carboxylic acid groups (broad SMARTS) is 1. The number of carbonyl (C=O) groups is 2. The molecule has 0 aliphatic rings. The average molecular weight is 282 g/mol. The Bertz CT molecular complexity index is 318. The van der Waals surface area contributed by atoms with Crippen LogP contribution in [0.25, 0.3) is 0 Å². The maximum absolute atomic E-state index is 12.4. The van der Waals surface area contributed by atoms with Crippen LogP contribution in [0.1, 0.15) is 20.8 Å². The predicted octanol–water partition coefficient (Wildman–Crippen LogP) is 0.851. The number of aliphatic hydroxyl groups is 1. The Labute approximate surface area is 110 Å². The zero-order chi connectivity index (χ0) is 15.2. The third kappa shape index (κ3) is 6.32. The van der Waals surface area contributed by atoms with E-state index in [0.717, 1.165) is 9.80 Å². The fourth-order valence-electron chi connectivity index (χ4n) is 1.45. The standard InChI is InChI=1S/C11H20F2N2O4/c1-11(2,3)15(7-9(17)18)10(19)14(4-5-16)6-8(12)13/h8,16H,4-7H2,1-3H3,(H,17,18). The van der Waals surface area contributed by atoms with Crippen LogP contribution in [-0.2, 0) is 4.79 Å². The van der Waals surface area contributed by atoms with Gasteiger partial charge in [0.15, 0.2) is 0 Å². The molecule has 0 saturated heterocycles. The van der Waals surface area contributed by atoms with Gasteiger partial charge in [-0.05, 0) is 20.8 Å².